The number of phenols is 1. The van der Waals surface area contributed by atoms with Crippen LogP contribution in [0.15, 0.2) is 29.1 Å². The van der Waals surface area contributed by atoms with Gasteiger partial charge in [0, 0.05) is 48.5 Å². The molecule has 0 radical (unpaired) electrons. The third kappa shape index (κ3) is 5.46. The highest BCUT2D eigenvalue weighted by atomic mass is 16.6. The largest absolute Gasteiger partial charge is 0.508 e. The monoisotopic (exact) mass is 751 g/mol. The highest BCUT2D eigenvalue weighted by molar-refractivity contribution is 5.90. The van der Waals surface area contributed by atoms with Crippen molar-refractivity contribution in [2.45, 2.75) is 123 Å². The number of fused-ring (bicyclic) bond motifs is 10. The van der Waals surface area contributed by atoms with Crippen LogP contribution in [0.3, 0.4) is 0 Å². The molecule has 4 fully saturated rings. The van der Waals surface area contributed by atoms with Gasteiger partial charge in [-0.1, -0.05) is 27.2 Å². The molecule has 9 rings (SSSR count). The SMILES string of the molecule is CC[C@@]1(O)C(=O)OCc2c1cc1n(c2=O)Cc2cc3c(CN(C)C(=O)CO[C@H]4CC[C@H]5[C@@H]6CC[C@H]7CC(=O)CC[C@]7(C)C6CCC[C@]45C)c(O)ccc3nc2-1. The van der Waals surface area contributed by atoms with E-state index in [0.717, 1.165) is 56.9 Å². The average molecular weight is 752 g/mol. The summed E-state index contributed by atoms with van der Waals surface area (Å²) < 4.78 is 13.4. The van der Waals surface area contributed by atoms with E-state index in [-0.39, 0.29) is 78.0 Å². The molecule has 2 aromatic heterocycles. The van der Waals surface area contributed by atoms with Gasteiger partial charge < -0.3 is 29.2 Å². The van der Waals surface area contributed by atoms with E-state index in [1.165, 1.54) is 12.8 Å². The number of phenolic OH excluding ortho intramolecular Hbond substituents is 1. The van der Waals surface area contributed by atoms with Gasteiger partial charge in [-0.2, -0.15) is 0 Å². The molecular weight excluding hydrogens is 698 g/mol. The van der Waals surface area contributed by atoms with E-state index >= 15 is 0 Å². The summed E-state index contributed by atoms with van der Waals surface area (Å²) in [4.78, 5) is 58.9. The van der Waals surface area contributed by atoms with Crippen LogP contribution in [0.1, 0.15) is 114 Å². The standard InChI is InChI=1S/C44H53N3O8/c1-5-44(53)33-19-35-39-24(20-47(35)40(51)30(33)22-55-41(44)52)17-28-29(36(49)12-11-34(28)45-39)21-46(4)38(50)23-54-37-13-10-32-27-9-8-25-18-26(48)14-16-42(25,2)31(27)7-6-15-43(32,37)3/h11-12,17,19,25,27,31-32,37,49,53H,5-10,13-16,18,20-23H2,1-4H3/t25-,27+,31?,32-,37-,42-,43-,44-/m0/s1. The number of aromatic nitrogens is 2. The first-order valence-corrected chi connectivity index (χ1v) is 20.5. The third-order valence-corrected chi connectivity index (χ3v) is 15.6. The Morgan fingerprint density at radius 1 is 1.05 bits per heavy atom. The van der Waals surface area contributed by atoms with Crippen molar-refractivity contribution in [2.24, 2.45) is 34.5 Å². The van der Waals surface area contributed by atoms with Crippen LogP contribution >= 0.6 is 0 Å². The number of carbonyl (C=O) groups is 3. The smallest absolute Gasteiger partial charge is 0.343 e. The number of aromatic hydroxyl groups is 1. The summed E-state index contributed by atoms with van der Waals surface area (Å²) in [5.74, 6) is 1.96. The normalized spacial score (nSPS) is 33.4. The van der Waals surface area contributed by atoms with E-state index in [1.807, 2.05) is 6.07 Å². The molecule has 292 valence electrons. The lowest BCUT2D eigenvalue weighted by molar-refractivity contribution is -0.172. The van der Waals surface area contributed by atoms with Crippen molar-refractivity contribution in [2.75, 3.05) is 13.7 Å². The Morgan fingerprint density at radius 2 is 1.85 bits per heavy atom. The number of esters is 1. The molecule has 0 bridgehead atoms. The topological polar surface area (TPSA) is 148 Å². The summed E-state index contributed by atoms with van der Waals surface area (Å²) in [6.07, 6.45) is 10.5. The number of ether oxygens (including phenoxy) is 2. The lowest BCUT2D eigenvalue weighted by Crippen LogP contribution is -2.49. The number of aliphatic hydroxyl groups is 1. The van der Waals surface area contributed by atoms with Crippen LogP contribution in [0.4, 0.5) is 0 Å². The lowest BCUT2D eigenvalue weighted by Gasteiger charge is -2.55. The Balaban J connectivity index is 0.916. The third-order valence-electron chi connectivity index (χ3n) is 15.6. The zero-order valence-corrected chi connectivity index (χ0v) is 32.5. The maximum Gasteiger partial charge on any atom is 0.343 e. The minimum atomic E-state index is -1.91. The molecule has 55 heavy (non-hydrogen) atoms. The molecule has 1 amide bonds. The van der Waals surface area contributed by atoms with E-state index < -0.39 is 11.6 Å². The van der Waals surface area contributed by atoms with Crippen LogP contribution in [0, 0.1) is 34.5 Å². The van der Waals surface area contributed by atoms with E-state index in [0.29, 0.717) is 57.3 Å². The van der Waals surface area contributed by atoms with Crippen LogP contribution < -0.4 is 5.56 Å². The Morgan fingerprint density at radius 3 is 2.65 bits per heavy atom. The van der Waals surface area contributed by atoms with E-state index in [9.17, 15) is 29.4 Å². The van der Waals surface area contributed by atoms with Crippen LogP contribution in [-0.2, 0) is 49.2 Å². The molecule has 11 heteroatoms. The summed E-state index contributed by atoms with van der Waals surface area (Å²) in [6, 6.07) is 6.89. The fourth-order valence-electron chi connectivity index (χ4n) is 12.4. The first kappa shape index (κ1) is 36.5. The van der Waals surface area contributed by atoms with Gasteiger partial charge in [0.25, 0.3) is 5.56 Å². The maximum atomic E-state index is 13.7. The van der Waals surface area contributed by atoms with E-state index in [2.05, 4.69) is 13.8 Å². The molecule has 8 atom stereocenters. The van der Waals surface area contributed by atoms with E-state index in [4.69, 9.17) is 14.5 Å². The van der Waals surface area contributed by atoms with Gasteiger partial charge in [0.05, 0.1) is 35.1 Å². The lowest BCUT2D eigenvalue weighted by atomic mass is 9.49. The molecule has 1 aromatic carbocycles. The average Bonchev–Trinajstić information content (AvgIpc) is 3.64. The first-order valence-electron chi connectivity index (χ1n) is 20.5. The van der Waals surface area contributed by atoms with Crippen molar-refractivity contribution in [3.8, 4) is 17.1 Å². The zero-order chi connectivity index (χ0) is 38.6. The van der Waals surface area contributed by atoms with Gasteiger partial charge in [0.1, 0.15) is 24.7 Å². The summed E-state index contributed by atoms with van der Waals surface area (Å²) in [5, 5.41) is 23.0. The molecule has 2 aliphatic heterocycles. The number of benzene rings is 1. The molecule has 4 saturated carbocycles. The number of ketones is 1. The second kappa shape index (κ2) is 13.0. The minimum Gasteiger partial charge on any atom is -0.508 e. The Bertz CT molecular complexity index is 2200. The van der Waals surface area contributed by atoms with Crippen LogP contribution in [0.5, 0.6) is 5.75 Å². The molecule has 0 saturated heterocycles. The van der Waals surface area contributed by atoms with Crippen LogP contribution in [0.2, 0.25) is 0 Å². The highest BCUT2D eigenvalue weighted by Crippen LogP contribution is 2.64. The second-order valence-corrected chi connectivity index (χ2v) is 18.2. The number of cyclic esters (lactones) is 1. The maximum absolute atomic E-state index is 13.7. The van der Waals surface area contributed by atoms with Crippen molar-refractivity contribution in [1.82, 2.24) is 14.5 Å². The Kier molecular flexibility index (Phi) is 8.62. The number of nitrogens with zero attached hydrogens (tertiary/aromatic N) is 3. The molecule has 11 nitrogen and oxygen atoms in total. The number of likely N-dealkylation sites (N-methyl/N-ethyl adjacent to an activating group) is 1. The van der Waals surface area contributed by atoms with E-state index in [1.54, 1.807) is 41.6 Å². The predicted octanol–water partition coefficient (Wildman–Crippen LogP) is 6.13. The van der Waals surface area contributed by atoms with Crippen LogP contribution in [-0.4, -0.2) is 62.1 Å². The minimum absolute atomic E-state index is 0.0125. The van der Waals surface area contributed by atoms with Crippen molar-refractivity contribution >= 4 is 28.6 Å². The summed E-state index contributed by atoms with van der Waals surface area (Å²) in [5.41, 5.74) is 1.54. The van der Waals surface area contributed by atoms with Gasteiger partial charge in [0.15, 0.2) is 5.60 Å². The van der Waals surface area contributed by atoms with Crippen LogP contribution in [0.25, 0.3) is 22.3 Å². The fraction of sp³-hybridized carbons (Fsp3) is 0.614. The number of amides is 1. The van der Waals surface area contributed by atoms with Gasteiger partial charge in [-0.3, -0.25) is 14.4 Å². The molecule has 1 unspecified atom stereocenters. The summed E-state index contributed by atoms with van der Waals surface area (Å²) in [7, 11) is 1.73. The van der Waals surface area contributed by atoms with Gasteiger partial charge in [-0.05, 0) is 110 Å². The summed E-state index contributed by atoms with van der Waals surface area (Å²) >= 11 is 0. The molecule has 3 aromatic rings. The molecule has 0 spiro atoms. The van der Waals surface area contributed by atoms with Crippen molar-refractivity contribution in [3.05, 3.63) is 56.9 Å². The number of hydrogen-bond donors (Lipinski definition) is 2. The number of pyridine rings is 2. The van der Waals surface area contributed by atoms with Gasteiger partial charge in [0.2, 0.25) is 5.91 Å². The van der Waals surface area contributed by atoms with Crippen molar-refractivity contribution in [1.29, 1.82) is 0 Å². The quantitative estimate of drug-likeness (QED) is 0.222. The molecule has 2 N–H and O–H groups in total. The molecule has 4 aliphatic carbocycles. The number of hydrogen-bond acceptors (Lipinski definition) is 9. The second-order valence-electron chi connectivity index (χ2n) is 18.2. The Hall–Kier alpha value is -4.09. The van der Waals surface area contributed by atoms with Crippen molar-refractivity contribution < 1.29 is 34.1 Å². The van der Waals surface area contributed by atoms with Gasteiger partial charge in [-0.25, -0.2) is 9.78 Å². The predicted molar refractivity (Wildman–Crippen MR) is 204 cm³/mol. The van der Waals surface area contributed by atoms with Gasteiger partial charge >= 0.3 is 5.97 Å². The fourth-order valence-corrected chi connectivity index (χ4v) is 12.4. The van der Waals surface area contributed by atoms with Crippen molar-refractivity contribution in [3.63, 3.8) is 0 Å². The highest BCUT2D eigenvalue weighted by Gasteiger charge is 2.59. The number of carbonyl (C=O) groups excluding carboxylic acids is 3. The zero-order valence-electron chi connectivity index (χ0n) is 32.5. The summed E-state index contributed by atoms with van der Waals surface area (Å²) in [6.45, 7) is 6.71. The molecule has 4 heterocycles. The number of Topliss-reactive ketones (excluding diaryl/α,β-unsaturated/α-hetero) is 1. The molecule has 6 aliphatic rings. The number of rotatable bonds is 6. The first-order chi connectivity index (χ1) is 26.3. The Labute approximate surface area is 321 Å². The molecular formula is C44H53N3O8. The van der Waals surface area contributed by atoms with Gasteiger partial charge in [-0.15, -0.1) is 0 Å².